The summed E-state index contributed by atoms with van der Waals surface area (Å²) >= 11 is 0. The maximum absolute atomic E-state index is 12.9. The van der Waals surface area contributed by atoms with Gasteiger partial charge in [-0.2, -0.15) is 0 Å². The third-order valence-corrected chi connectivity index (χ3v) is 5.17. The van der Waals surface area contributed by atoms with Crippen molar-refractivity contribution in [3.8, 4) is 17.2 Å². The summed E-state index contributed by atoms with van der Waals surface area (Å²) in [6, 6.07) is 11.4. The number of aromatic nitrogens is 1. The average Bonchev–Trinajstić information content (AvgIpc) is 3.22. The topological polar surface area (TPSA) is 75.8 Å². The Labute approximate surface area is 176 Å². The number of benzene rings is 2. The van der Waals surface area contributed by atoms with E-state index in [2.05, 4.69) is 35.1 Å². The van der Waals surface area contributed by atoms with Gasteiger partial charge in [-0.3, -0.25) is 9.69 Å². The fourth-order valence-electron chi connectivity index (χ4n) is 3.51. The molecule has 0 saturated heterocycles. The van der Waals surface area contributed by atoms with Crippen LogP contribution >= 0.6 is 0 Å². The van der Waals surface area contributed by atoms with Crippen LogP contribution in [0.25, 0.3) is 10.9 Å². The van der Waals surface area contributed by atoms with Crippen LogP contribution in [0.1, 0.15) is 29.9 Å². The minimum Gasteiger partial charge on any atom is -0.496 e. The summed E-state index contributed by atoms with van der Waals surface area (Å²) in [6.07, 6.45) is 0. The molecule has 0 saturated carbocycles. The second-order valence-corrected chi connectivity index (χ2v) is 6.90. The SMILES string of the molecule is CCN(CC)Cc1cccc(NC(=O)c2cc3c(OC)cc(OC)c(OC)c3[nH]2)c1. The van der Waals surface area contributed by atoms with Gasteiger partial charge in [-0.25, -0.2) is 0 Å². The van der Waals surface area contributed by atoms with Crippen LogP contribution in [0.5, 0.6) is 17.2 Å². The van der Waals surface area contributed by atoms with Gasteiger partial charge in [0.15, 0.2) is 11.5 Å². The van der Waals surface area contributed by atoms with Crippen LogP contribution in [-0.4, -0.2) is 50.2 Å². The first kappa shape index (κ1) is 21.5. The number of rotatable bonds is 9. The minimum atomic E-state index is -0.241. The number of aromatic amines is 1. The van der Waals surface area contributed by atoms with Gasteiger partial charge in [0.1, 0.15) is 11.4 Å². The predicted molar refractivity (Wildman–Crippen MR) is 119 cm³/mol. The van der Waals surface area contributed by atoms with E-state index in [0.29, 0.717) is 28.5 Å². The number of anilines is 1. The Hall–Kier alpha value is -3.19. The summed E-state index contributed by atoms with van der Waals surface area (Å²) in [7, 11) is 4.70. The van der Waals surface area contributed by atoms with Crippen molar-refractivity contribution in [1.29, 1.82) is 0 Å². The fraction of sp³-hybridized carbons (Fsp3) is 0.348. The molecule has 0 aliphatic rings. The lowest BCUT2D eigenvalue weighted by molar-refractivity contribution is 0.102. The lowest BCUT2D eigenvalue weighted by atomic mass is 10.1. The van der Waals surface area contributed by atoms with E-state index in [9.17, 15) is 4.79 Å². The normalized spacial score (nSPS) is 11.0. The molecule has 160 valence electrons. The van der Waals surface area contributed by atoms with Crippen molar-refractivity contribution in [3.63, 3.8) is 0 Å². The lowest BCUT2D eigenvalue weighted by Gasteiger charge is -2.18. The van der Waals surface area contributed by atoms with E-state index >= 15 is 0 Å². The molecule has 30 heavy (non-hydrogen) atoms. The summed E-state index contributed by atoms with van der Waals surface area (Å²) in [5.41, 5.74) is 2.96. The molecule has 0 atom stereocenters. The molecule has 7 heteroatoms. The van der Waals surface area contributed by atoms with Gasteiger partial charge in [0, 0.05) is 23.7 Å². The van der Waals surface area contributed by atoms with E-state index in [1.54, 1.807) is 33.5 Å². The number of amides is 1. The molecule has 1 heterocycles. The molecule has 2 N–H and O–H groups in total. The molecule has 3 aromatic rings. The number of methoxy groups -OCH3 is 3. The molecule has 1 amide bonds. The lowest BCUT2D eigenvalue weighted by Crippen LogP contribution is -2.22. The highest BCUT2D eigenvalue weighted by atomic mass is 16.5. The van der Waals surface area contributed by atoms with E-state index in [4.69, 9.17) is 14.2 Å². The first-order valence-electron chi connectivity index (χ1n) is 9.98. The molecular weight excluding hydrogens is 382 g/mol. The zero-order chi connectivity index (χ0) is 21.7. The second-order valence-electron chi connectivity index (χ2n) is 6.90. The van der Waals surface area contributed by atoms with Crippen molar-refractivity contribution in [2.45, 2.75) is 20.4 Å². The van der Waals surface area contributed by atoms with Crippen LogP contribution in [0, 0.1) is 0 Å². The van der Waals surface area contributed by atoms with Gasteiger partial charge < -0.3 is 24.5 Å². The van der Waals surface area contributed by atoms with Gasteiger partial charge in [-0.15, -0.1) is 0 Å². The molecule has 2 aromatic carbocycles. The van der Waals surface area contributed by atoms with Crippen molar-refractivity contribution >= 4 is 22.5 Å². The number of H-pyrrole nitrogens is 1. The Morgan fingerprint density at radius 3 is 2.37 bits per heavy atom. The summed E-state index contributed by atoms with van der Waals surface area (Å²) in [5, 5.41) is 3.72. The number of ether oxygens (including phenoxy) is 3. The summed E-state index contributed by atoms with van der Waals surface area (Å²) in [5.74, 6) is 1.40. The van der Waals surface area contributed by atoms with E-state index < -0.39 is 0 Å². The molecule has 1 aromatic heterocycles. The Morgan fingerprint density at radius 1 is 1.00 bits per heavy atom. The van der Waals surface area contributed by atoms with E-state index in [-0.39, 0.29) is 5.91 Å². The number of hydrogen-bond donors (Lipinski definition) is 2. The minimum absolute atomic E-state index is 0.241. The molecule has 3 rings (SSSR count). The molecule has 0 aliphatic carbocycles. The molecule has 0 unspecified atom stereocenters. The van der Waals surface area contributed by atoms with E-state index in [1.165, 1.54) is 0 Å². The first-order chi connectivity index (χ1) is 14.5. The first-order valence-corrected chi connectivity index (χ1v) is 9.98. The Balaban J connectivity index is 1.89. The van der Waals surface area contributed by atoms with Crippen molar-refractivity contribution in [1.82, 2.24) is 9.88 Å². The number of carbonyl (C=O) groups is 1. The fourth-order valence-corrected chi connectivity index (χ4v) is 3.51. The Morgan fingerprint density at radius 2 is 1.73 bits per heavy atom. The van der Waals surface area contributed by atoms with Gasteiger partial charge in [0.2, 0.25) is 0 Å². The summed E-state index contributed by atoms with van der Waals surface area (Å²) in [4.78, 5) is 18.4. The Bertz CT molecular complexity index is 1020. The number of nitrogens with zero attached hydrogens (tertiary/aromatic N) is 1. The summed E-state index contributed by atoms with van der Waals surface area (Å²) < 4.78 is 16.3. The standard InChI is InChI=1S/C23H29N3O4/c1-6-26(7-2)14-15-9-8-10-16(11-15)24-23(27)18-12-17-19(28-3)13-20(29-4)22(30-5)21(17)25-18/h8-13,25H,6-7,14H2,1-5H3,(H,24,27). The molecule has 7 nitrogen and oxygen atoms in total. The monoisotopic (exact) mass is 411 g/mol. The van der Waals surface area contributed by atoms with Crippen molar-refractivity contribution < 1.29 is 19.0 Å². The smallest absolute Gasteiger partial charge is 0.272 e. The summed E-state index contributed by atoms with van der Waals surface area (Å²) in [6.45, 7) is 7.09. The second kappa shape index (κ2) is 9.54. The van der Waals surface area contributed by atoms with Crippen LogP contribution in [0.15, 0.2) is 36.4 Å². The largest absolute Gasteiger partial charge is 0.496 e. The van der Waals surface area contributed by atoms with Gasteiger partial charge >= 0.3 is 0 Å². The van der Waals surface area contributed by atoms with Gasteiger partial charge in [-0.05, 0) is 36.9 Å². The van der Waals surface area contributed by atoms with Gasteiger partial charge in [-0.1, -0.05) is 26.0 Å². The van der Waals surface area contributed by atoms with Gasteiger partial charge in [0.05, 0.1) is 26.8 Å². The number of fused-ring (bicyclic) bond motifs is 1. The molecule has 0 fully saturated rings. The third-order valence-electron chi connectivity index (χ3n) is 5.17. The molecule has 0 bridgehead atoms. The molecule has 0 aliphatic heterocycles. The number of hydrogen-bond acceptors (Lipinski definition) is 5. The van der Waals surface area contributed by atoms with Crippen LogP contribution in [0.4, 0.5) is 5.69 Å². The van der Waals surface area contributed by atoms with Crippen LogP contribution in [0.3, 0.4) is 0 Å². The van der Waals surface area contributed by atoms with Crippen LogP contribution in [-0.2, 0) is 6.54 Å². The molecule has 0 radical (unpaired) electrons. The van der Waals surface area contributed by atoms with E-state index in [1.807, 2.05) is 18.2 Å². The zero-order valence-electron chi connectivity index (χ0n) is 18.2. The molecule has 0 spiro atoms. The highest BCUT2D eigenvalue weighted by Crippen LogP contribution is 2.41. The predicted octanol–water partition coefficient (Wildman–Crippen LogP) is 4.29. The van der Waals surface area contributed by atoms with Crippen molar-refractivity contribution in [2.24, 2.45) is 0 Å². The Kier molecular flexibility index (Phi) is 6.84. The van der Waals surface area contributed by atoms with Gasteiger partial charge in [0.25, 0.3) is 5.91 Å². The van der Waals surface area contributed by atoms with Crippen LogP contribution in [0.2, 0.25) is 0 Å². The maximum atomic E-state index is 12.9. The molecular formula is C23H29N3O4. The van der Waals surface area contributed by atoms with E-state index in [0.717, 1.165) is 36.3 Å². The highest BCUT2D eigenvalue weighted by Gasteiger charge is 2.19. The van der Waals surface area contributed by atoms with Crippen molar-refractivity contribution in [2.75, 3.05) is 39.7 Å². The number of carbonyl (C=O) groups excluding carboxylic acids is 1. The quantitative estimate of drug-likeness (QED) is 0.549. The zero-order valence-corrected chi connectivity index (χ0v) is 18.2. The maximum Gasteiger partial charge on any atom is 0.272 e. The van der Waals surface area contributed by atoms with Crippen LogP contribution < -0.4 is 19.5 Å². The average molecular weight is 412 g/mol. The van der Waals surface area contributed by atoms with Crippen molar-refractivity contribution in [3.05, 3.63) is 47.7 Å². The number of nitrogens with one attached hydrogen (secondary N) is 2. The highest BCUT2D eigenvalue weighted by molar-refractivity contribution is 6.08. The third kappa shape index (κ3) is 4.36.